The molecule has 1 aliphatic carbocycles. The van der Waals surface area contributed by atoms with Gasteiger partial charge in [-0.05, 0) is 50.4 Å². The molecule has 0 radical (unpaired) electrons. The van der Waals surface area contributed by atoms with Crippen LogP contribution in [0.5, 0.6) is 0 Å². The van der Waals surface area contributed by atoms with Gasteiger partial charge < -0.3 is 28.9 Å². The Labute approximate surface area is 189 Å². The minimum Gasteiger partial charge on any atom is -0.481 e. The Morgan fingerprint density at radius 2 is 1.90 bits per heavy atom. The lowest BCUT2D eigenvalue weighted by Gasteiger charge is -2.31. The van der Waals surface area contributed by atoms with Crippen LogP contribution in [0.3, 0.4) is 0 Å². The van der Waals surface area contributed by atoms with Crippen molar-refractivity contribution in [2.24, 2.45) is 11.8 Å². The maximum Gasteiger partial charge on any atom is 0.303 e. The first-order chi connectivity index (χ1) is 15.0. The zero-order valence-electron chi connectivity index (χ0n) is 18.9. The first-order valence-electron chi connectivity index (χ1n) is 11.7. The van der Waals surface area contributed by atoms with Crippen LogP contribution in [0.1, 0.15) is 70.6 Å². The lowest BCUT2D eigenvalue weighted by atomic mass is 9.85. The van der Waals surface area contributed by atoms with Crippen molar-refractivity contribution in [3.8, 4) is 0 Å². The number of aliphatic hydroxyl groups is 1. The second-order valence-electron chi connectivity index (χ2n) is 8.75. The number of unbranched alkanes of at least 4 members (excludes halogenated alkanes) is 3. The Morgan fingerprint density at radius 3 is 2.58 bits per heavy atom. The lowest BCUT2D eigenvalue weighted by Crippen LogP contribution is -2.33. The van der Waals surface area contributed by atoms with Gasteiger partial charge in [0.15, 0.2) is 5.79 Å². The highest BCUT2D eigenvalue weighted by atomic mass is 31.0. The summed E-state index contributed by atoms with van der Waals surface area (Å²) in [6.45, 7) is 2.06. The third-order valence-electron chi connectivity index (χ3n) is 6.58. The predicted molar refractivity (Wildman–Crippen MR) is 122 cm³/mol. The van der Waals surface area contributed by atoms with Crippen molar-refractivity contribution in [2.45, 2.75) is 88.6 Å². The number of hydrogen-bond donors (Lipinski definition) is 2. The molecule has 0 bridgehead atoms. The van der Waals surface area contributed by atoms with Crippen LogP contribution in [0.4, 0.5) is 0 Å². The van der Waals surface area contributed by atoms with Gasteiger partial charge in [-0.15, -0.1) is 0 Å². The monoisotopic (exact) mass is 460 g/mol. The van der Waals surface area contributed by atoms with Gasteiger partial charge in [0.2, 0.25) is 0 Å². The van der Waals surface area contributed by atoms with Gasteiger partial charge in [-0.1, -0.05) is 18.6 Å². The lowest BCUT2D eigenvalue weighted by molar-refractivity contribution is -0.171. The molecule has 1 heterocycles. The molecule has 1 aliphatic heterocycles. The van der Waals surface area contributed by atoms with Crippen LogP contribution >= 0.6 is 9.47 Å². The molecule has 4 unspecified atom stereocenters. The van der Waals surface area contributed by atoms with E-state index >= 15 is 0 Å². The van der Waals surface area contributed by atoms with Crippen LogP contribution in [0.15, 0.2) is 12.2 Å². The highest BCUT2D eigenvalue weighted by Crippen LogP contribution is 2.43. The first-order valence-corrected chi connectivity index (χ1v) is 12.2. The number of carboxylic acid groups (broad SMARTS) is 1. The summed E-state index contributed by atoms with van der Waals surface area (Å²) in [5.41, 5.74) is 0. The van der Waals surface area contributed by atoms with E-state index in [1.807, 2.05) is 6.08 Å². The van der Waals surface area contributed by atoms with Gasteiger partial charge in [-0.25, -0.2) is 0 Å². The summed E-state index contributed by atoms with van der Waals surface area (Å²) in [5, 5.41) is 19.4. The smallest absolute Gasteiger partial charge is 0.303 e. The molecule has 2 fully saturated rings. The minimum atomic E-state index is -0.760. The quantitative estimate of drug-likeness (QED) is 0.204. The highest BCUT2D eigenvalue weighted by Gasteiger charge is 2.44. The molecule has 0 aromatic rings. The van der Waals surface area contributed by atoms with Crippen LogP contribution in [0.2, 0.25) is 0 Å². The number of methoxy groups -OCH3 is 1. The molecule has 0 aromatic heterocycles. The topological polar surface area (TPSA) is 94.5 Å². The highest BCUT2D eigenvalue weighted by molar-refractivity contribution is 7.09. The summed E-state index contributed by atoms with van der Waals surface area (Å²) < 4.78 is 22.9. The number of aliphatic hydroxyl groups excluding tert-OH is 1. The normalized spacial score (nSPS) is 28.0. The van der Waals surface area contributed by atoms with Crippen molar-refractivity contribution >= 4 is 15.4 Å². The summed E-state index contributed by atoms with van der Waals surface area (Å²) >= 11 is 0. The van der Waals surface area contributed by atoms with Gasteiger partial charge in [0.05, 0.1) is 25.4 Å². The van der Waals surface area contributed by atoms with E-state index in [4.69, 9.17) is 23.8 Å². The second-order valence-corrected chi connectivity index (χ2v) is 9.02. The number of rotatable bonds is 16. The zero-order valence-corrected chi connectivity index (χ0v) is 20.0. The molecule has 2 rings (SSSR count). The fraction of sp³-hybridized carbons (Fsp3) is 0.870. The van der Waals surface area contributed by atoms with Gasteiger partial charge in [-0.2, -0.15) is 0 Å². The van der Waals surface area contributed by atoms with Gasteiger partial charge in [0.1, 0.15) is 0 Å². The Morgan fingerprint density at radius 1 is 1.13 bits per heavy atom. The fourth-order valence-electron chi connectivity index (χ4n) is 4.89. The average Bonchev–Trinajstić information content (AvgIpc) is 3.33. The maximum atomic E-state index is 10.6. The van der Waals surface area contributed by atoms with Crippen LogP contribution in [-0.2, 0) is 23.5 Å². The number of hydrogen-bond acceptors (Lipinski definition) is 6. The Kier molecular flexibility index (Phi) is 12.5. The zero-order chi connectivity index (χ0) is 22.5. The molecule has 1 saturated heterocycles. The molecular weight excluding hydrogens is 419 g/mol. The minimum absolute atomic E-state index is 0.00515. The molecule has 2 N–H and O–H groups in total. The summed E-state index contributed by atoms with van der Waals surface area (Å²) in [6, 6.07) is 0. The molecule has 0 spiro atoms. The van der Waals surface area contributed by atoms with Crippen LogP contribution in [-0.4, -0.2) is 61.1 Å². The summed E-state index contributed by atoms with van der Waals surface area (Å²) in [7, 11) is 4.09. The van der Waals surface area contributed by atoms with Gasteiger partial charge in [-0.3, -0.25) is 4.79 Å². The Bertz CT molecular complexity index is 536. The van der Waals surface area contributed by atoms with Crippen molar-refractivity contribution < 1.29 is 33.7 Å². The van der Waals surface area contributed by atoms with E-state index in [9.17, 15) is 9.90 Å². The summed E-state index contributed by atoms with van der Waals surface area (Å²) in [4.78, 5) is 10.6. The number of ether oxygens (including phenoxy) is 3. The largest absolute Gasteiger partial charge is 0.481 e. The van der Waals surface area contributed by atoms with E-state index in [1.54, 1.807) is 7.11 Å². The van der Waals surface area contributed by atoms with Crippen molar-refractivity contribution in [3.05, 3.63) is 12.2 Å². The standard InChI is InChI=1S/C23H41O7P/c1-27-14-8-4-7-12-23(28-15-16-29-23)13-11-19-18(20(24)17-21(19)30-31)9-5-2-3-6-10-22(25)26/h2,5,18-21,24H,3-4,6-17,31H2,1H3,(H,25,26)/b5-2-/t18?,19-,20?,21?/m1/s1. The molecule has 31 heavy (non-hydrogen) atoms. The molecule has 2 aliphatic rings. The third kappa shape index (κ3) is 9.07. The van der Waals surface area contributed by atoms with Crippen molar-refractivity contribution in [3.63, 3.8) is 0 Å². The number of allylic oxidation sites excluding steroid dienone is 2. The van der Waals surface area contributed by atoms with Crippen LogP contribution in [0.25, 0.3) is 0 Å². The Hall–Kier alpha value is -0.560. The SMILES string of the molecule is COCCCCCC1(CC[C@H]2C(OP)CC(O)C2C/C=C\CCCC(=O)O)OCCO1. The van der Waals surface area contributed by atoms with E-state index in [0.29, 0.717) is 26.1 Å². The molecular formula is C23H41O7P. The van der Waals surface area contributed by atoms with Crippen LogP contribution in [0, 0.1) is 11.8 Å². The van der Waals surface area contributed by atoms with E-state index in [-0.39, 0.29) is 24.4 Å². The maximum absolute atomic E-state index is 10.6. The fourth-order valence-corrected chi connectivity index (χ4v) is 5.21. The molecule has 1 saturated carbocycles. The van der Waals surface area contributed by atoms with E-state index in [1.165, 1.54) is 0 Å². The predicted octanol–water partition coefficient (Wildman–Crippen LogP) is 4.09. The third-order valence-corrected chi connectivity index (χ3v) is 6.93. The van der Waals surface area contributed by atoms with Crippen molar-refractivity contribution in [1.29, 1.82) is 0 Å². The molecule has 5 atom stereocenters. The Balaban J connectivity index is 1.87. The van der Waals surface area contributed by atoms with Crippen molar-refractivity contribution in [2.75, 3.05) is 26.9 Å². The van der Waals surface area contributed by atoms with E-state index in [0.717, 1.165) is 58.0 Å². The number of carboxylic acids is 1. The van der Waals surface area contributed by atoms with Gasteiger partial charge in [0, 0.05) is 48.9 Å². The summed E-state index contributed by atoms with van der Waals surface area (Å²) in [6.07, 6.45) is 12.5. The van der Waals surface area contributed by atoms with Gasteiger partial charge >= 0.3 is 5.97 Å². The summed E-state index contributed by atoms with van der Waals surface area (Å²) in [5.74, 6) is -0.914. The molecule has 8 heteroatoms. The average molecular weight is 461 g/mol. The number of aliphatic carboxylic acids is 1. The molecule has 7 nitrogen and oxygen atoms in total. The van der Waals surface area contributed by atoms with Crippen LogP contribution < -0.4 is 0 Å². The van der Waals surface area contributed by atoms with E-state index < -0.39 is 17.9 Å². The number of carbonyl (C=O) groups is 1. The van der Waals surface area contributed by atoms with Gasteiger partial charge in [0.25, 0.3) is 0 Å². The van der Waals surface area contributed by atoms with E-state index in [2.05, 4.69) is 15.5 Å². The molecule has 0 amide bonds. The second kappa shape index (κ2) is 14.6. The first kappa shape index (κ1) is 26.7. The molecule has 180 valence electrons. The van der Waals surface area contributed by atoms with Crippen molar-refractivity contribution in [1.82, 2.24) is 0 Å². The molecule has 0 aromatic carbocycles.